The van der Waals surface area contributed by atoms with E-state index in [1.165, 1.54) is 38.5 Å². The Kier molecular flexibility index (Phi) is 17.6. The van der Waals surface area contributed by atoms with Gasteiger partial charge in [0.05, 0.1) is 25.9 Å². The van der Waals surface area contributed by atoms with Crippen LogP contribution in [0.4, 0.5) is 0 Å². The highest BCUT2D eigenvalue weighted by molar-refractivity contribution is 5.71. The molecule has 11 heteroatoms. The molecule has 6 N–H and O–H groups in total. The Morgan fingerprint density at radius 3 is 1.94 bits per heavy atom. The van der Waals surface area contributed by atoms with E-state index in [2.05, 4.69) is 27.7 Å². The van der Waals surface area contributed by atoms with Crippen molar-refractivity contribution in [2.24, 2.45) is 63.5 Å². The second-order valence-corrected chi connectivity index (χ2v) is 17.7. The van der Waals surface area contributed by atoms with Gasteiger partial charge in [-0.3, -0.25) is 19.2 Å². The lowest BCUT2D eigenvalue weighted by molar-refractivity contribution is -0.225. The third-order valence-corrected chi connectivity index (χ3v) is 14.4. The molecule has 0 aliphatic heterocycles. The summed E-state index contributed by atoms with van der Waals surface area (Å²) in [5.74, 6) is -0.000836. The number of esters is 4. The Labute approximate surface area is 325 Å². The van der Waals surface area contributed by atoms with Gasteiger partial charge in [-0.1, -0.05) is 72.6 Å². The third kappa shape index (κ3) is 11.0. The molecule has 0 saturated heterocycles. The molecule has 54 heavy (non-hydrogen) atoms. The third-order valence-electron chi connectivity index (χ3n) is 14.4. The maximum absolute atomic E-state index is 13.3. The molecule has 4 fully saturated rings. The predicted molar refractivity (Wildman–Crippen MR) is 209 cm³/mol. The molecule has 0 aromatic rings. The molecule has 0 aromatic heterocycles. The van der Waals surface area contributed by atoms with Crippen LogP contribution >= 0.6 is 0 Å². The SMILES string of the molecule is CCCCCCCCCCOC(=O)CC[C@@H](C)[C@H]1CC[C@H]2[C@@H]3[C@H](OC(=O)CCN)C[C@@H]4C[C@H](OC(=O)CCN)CC[C@]4(C)[C@H]3CC(OC(=O)CCN)[C@]12C. The van der Waals surface area contributed by atoms with Crippen LogP contribution in [0.25, 0.3) is 0 Å². The Morgan fingerprint density at radius 2 is 1.30 bits per heavy atom. The maximum atomic E-state index is 13.3. The standard InChI is InChI=1S/C43H75N3O8/c1-5-6-7-8-9-10-11-12-25-51-37(47)16-13-29(2)32-14-15-33-41-34(28-36(43(32,33)4)54-40(50)20-24-46)42(3)21-17-31(52-38(48)18-22-44)26-30(42)27-35(41)53-39(49)19-23-45/h29-36,41H,5-28,44-46H2,1-4H3/t29-,30+,31-,32-,33+,34+,35-,36?,41+,42+,43-/m1/s1. The number of rotatable bonds is 22. The lowest BCUT2D eigenvalue weighted by Gasteiger charge is -2.64. The van der Waals surface area contributed by atoms with E-state index in [1.54, 1.807) is 0 Å². The largest absolute Gasteiger partial charge is 0.466 e. The molecular weight excluding hydrogens is 686 g/mol. The van der Waals surface area contributed by atoms with Crippen molar-refractivity contribution >= 4 is 23.9 Å². The first-order valence-corrected chi connectivity index (χ1v) is 21.8. The summed E-state index contributed by atoms with van der Waals surface area (Å²) in [7, 11) is 0. The average Bonchev–Trinajstić information content (AvgIpc) is 3.49. The van der Waals surface area contributed by atoms with Gasteiger partial charge in [0, 0.05) is 37.4 Å². The topological polar surface area (TPSA) is 183 Å². The molecule has 11 atom stereocenters. The number of carbonyl (C=O) groups is 4. The molecule has 0 radical (unpaired) electrons. The Hall–Kier alpha value is -2.24. The summed E-state index contributed by atoms with van der Waals surface area (Å²) in [6.07, 6.45) is 15.9. The molecule has 0 bridgehead atoms. The zero-order valence-corrected chi connectivity index (χ0v) is 34.2. The first-order valence-electron chi connectivity index (χ1n) is 21.8. The summed E-state index contributed by atoms with van der Waals surface area (Å²) >= 11 is 0. The molecule has 0 spiro atoms. The van der Waals surface area contributed by atoms with Gasteiger partial charge in [0.1, 0.15) is 18.3 Å². The van der Waals surface area contributed by atoms with Gasteiger partial charge in [-0.15, -0.1) is 0 Å². The number of carbonyl (C=O) groups excluding carboxylic acids is 4. The fraction of sp³-hybridized carbons (Fsp3) is 0.907. The van der Waals surface area contributed by atoms with E-state index < -0.39 is 0 Å². The van der Waals surface area contributed by atoms with Crippen molar-refractivity contribution < 1.29 is 38.1 Å². The van der Waals surface area contributed by atoms with Crippen molar-refractivity contribution in [1.82, 2.24) is 0 Å². The average molecular weight is 762 g/mol. The van der Waals surface area contributed by atoms with Gasteiger partial charge in [-0.2, -0.15) is 0 Å². The fourth-order valence-corrected chi connectivity index (χ4v) is 11.6. The highest BCUT2D eigenvalue weighted by Gasteiger charge is 2.67. The van der Waals surface area contributed by atoms with Crippen molar-refractivity contribution in [3.63, 3.8) is 0 Å². The molecule has 4 aliphatic rings. The first kappa shape index (κ1) is 44.5. The van der Waals surface area contributed by atoms with E-state index in [4.69, 9.17) is 36.1 Å². The van der Waals surface area contributed by atoms with Crippen LogP contribution in [0.5, 0.6) is 0 Å². The minimum Gasteiger partial charge on any atom is -0.466 e. The number of nitrogens with two attached hydrogens (primary N) is 3. The Bertz CT molecular complexity index is 1220. The number of unbranched alkanes of at least 4 members (excludes halogenated alkanes) is 7. The van der Waals surface area contributed by atoms with E-state index in [1.807, 2.05) is 0 Å². The molecule has 0 amide bonds. The smallest absolute Gasteiger partial charge is 0.307 e. The summed E-state index contributed by atoms with van der Waals surface area (Å²) in [4.78, 5) is 51.7. The summed E-state index contributed by atoms with van der Waals surface area (Å²) < 4.78 is 24.4. The van der Waals surface area contributed by atoms with Gasteiger partial charge >= 0.3 is 23.9 Å². The molecule has 4 aliphatic carbocycles. The summed E-state index contributed by atoms with van der Waals surface area (Å²) in [6.45, 7) is 10.3. The Morgan fingerprint density at radius 1 is 0.685 bits per heavy atom. The first-order chi connectivity index (χ1) is 25.9. The van der Waals surface area contributed by atoms with Crippen molar-refractivity contribution in [1.29, 1.82) is 0 Å². The maximum Gasteiger partial charge on any atom is 0.307 e. The minimum atomic E-state index is -0.372. The van der Waals surface area contributed by atoms with Crippen molar-refractivity contribution in [3.05, 3.63) is 0 Å². The van der Waals surface area contributed by atoms with Gasteiger partial charge in [0.15, 0.2) is 0 Å². The number of ether oxygens (including phenoxy) is 4. The molecule has 1 unspecified atom stereocenters. The van der Waals surface area contributed by atoms with Gasteiger partial charge in [0.25, 0.3) is 0 Å². The lowest BCUT2D eigenvalue weighted by atomic mass is 9.43. The summed E-state index contributed by atoms with van der Waals surface area (Å²) in [5, 5.41) is 0. The highest BCUT2D eigenvalue weighted by Crippen LogP contribution is 2.69. The van der Waals surface area contributed by atoms with E-state index in [9.17, 15) is 19.2 Å². The molecule has 310 valence electrons. The Balaban J connectivity index is 1.50. The van der Waals surface area contributed by atoms with E-state index in [0.29, 0.717) is 38.7 Å². The van der Waals surface area contributed by atoms with Gasteiger partial charge in [-0.25, -0.2) is 0 Å². The fourth-order valence-electron chi connectivity index (χ4n) is 11.6. The van der Waals surface area contributed by atoms with Crippen molar-refractivity contribution in [3.8, 4) is 0 Å². The molecule has 11 nitrogen and oxygen atoms in total. The van der Waals surface area contributed by atoms with Crippen molar-refractivity contribution in [2.75, 3.05) is 26.2 Å². The van der Waals surface area contributed by atoms with Crippen molar-refractivity contribution in [2.45, 2.75) is 174 Å². The zero-order valence-electron chi connectivity index (χ0n) is 34.2. The number of hydrogen-bond acceptors (Lipinski definition) is 11. The second-order valence-electron chi connectivity index (χ2n) is 17.7. The molecule has 4 saturated carbocycles. The minimum absolute atomic E-state index is 0.0904. The van der Waals surface area contributed by atoms with E-state index in [0.717, 1.165) is 38.5 Å². The van der Waals surface area contributed by atoms with Crippen LogP contribution in [0, 0.1) is 46.3 Å². The molecule has 4 rings (SSSR count). The second kappa shape index (κ2) is 21.3. The highest BCUT2D eigenvalue weighted by atomic mass is 16.6. The van der Waals surface area contributed by atoms with Crippen LogP contribution in [0.3, 0.4) is 0 Å². The van der Waals surface area contributed by atoms with Crippen LogP contribution in [-0.2, 0) is 38.1 Å². The molecular formula is C43H75N3O8. The van der Waals surface area contributed by atoms with Crippen LogP contribution in [0.1, 0.15) is 156 Å². The monoisotopic (exact) mass is 762 g/mol. The van der Waals surface area contributed by atoms with E-state index in [-0.39, 0.29) is 127 Å². The zero-order chi connectivity index (χ0) is 39.3. The summed E-state index contributed by atoms with van der Waals surface area (Å²) in [6, 6.07) is 0. The van der Waals surface area contributed by atoms with Gasteiger partial charge in [-0.05, 0) is 92.8 Å². The quantitative estimate of drug-likeness (QED) is 0.0603. The molecule has 0 heterocycles. The van der Waals surface area contributed by atoms with Gasteiger partial charge < -0.3 is 36.1 Å². The van der Waals surface area contributed by atoms with Crippen LogP contribution < -0.4 is 17.2 Å². The van der Waals surface area contributed by atoms with Gasteiger partial charge in [0.2, 0.25) is 0 Å². The van der Waals surface area contributed by atoms with E-state index >= 15 is 0 Å². The number of hydrogen-bond donors (Lipinski definition) is 3. The lowest BCUT2D eigenvalue weighted by Crippen LogP contribution is -2.63. The van der Waals surface area contributed by atoms with Crippen LogP contribution in [-0.4, -0.2) is 68.4 Å². The normalized spacial score (nSPS) is 33.5. The predicted octanol–water partition coefficient (Wildman–Crippen LogP) is 6.75. The number of fused-ring (bicyclic) bond motifs is 5. The molecule has 0 aromatic carbocycles. The summed E-state index contributed by atoms with van der Waals surface area (Å²) in [5.41, 5.74) is 16.8. The van der Waals surface area contributed by atoms with Crippen LogP contribution in [0.15, 0.2) is 0 Å². The van der Waals surface area contributed by atoms with Crippen LogP contribution in [0.2, 0.25) is 0 Å².